The molecule has 3 atom stereocenters. The zero-order valence-electron chi connectivity index (χ0n) is 13.5. The third-order valence-corrected chi connectivity index (χ3v) is 3.70. The molecule has 3 unspecified atom stereocenters. The number of nitrogens with zero attached hydrogens (tertiary/aromatic N) is 2. The molecule has 0 aliphatic heterocycles. The Morgan fingerprint density at radius 1 is 1.22 bits per heavy atom. The maximum Gasteiger partial charge on any atom is 0.315 e. The number of nitrogens with one attached hydrogen (secondary N) is 2. The monoisotopic (exact) mass is 318 g/mol. The van der Waals surface area contributed by atoms with Crippen LogP contribution in [0.4, 0.5) is 4.79 Å². The topological polar surface area (TPSA) is 100 Å². The average Bonchev–Trinajstić information content (AvgIpc) is 3.04. The average molecular weight is 318 g/mol. The number of hydrogen-bond donors (Lipinski definition) is 3. The molecule has 124 valence electrons. The quantitative estimate of drug-likeness (QED) is 0.757. The standard InChI is InChI=1S/C16H22N4O3/c1-10(9-21)11(2)17-16(22)18-12(3)14-19-15(23-20-14)13-7-5-4-6-8-13/h4-8,10-12,21H,9H2,1-3H3,(H2,17,18,22). The van der Waals surface area contributed by atoms with Gasteiger partial charge in [-0.05, 0) is 31.9 Å². The van der Waals surface area contributed by atoms with Crippen molar-refractivity contribution < 1.29 is 14.4 Å². The summed E-state index contributed by atoms with van der Waals surface area (Å²) in [6, 6.07) is 8.56. The van der Waals surface area contributed by atoms with E-state index in [0.717, 1.165) is 5.56 Å². The highest BCUT2D eigenvalue weighted by molar-refractivity contribution is 5.74. The summed E-state index contributed by atoms with van der Waals surface area (Å²) >= 11 is 0. The number of carbonyl (C=O) groups is 1. The predicted molar refractivity (Wildman–Crippen MR) is 85.5 cm³/mol. The number of aliphatic hydroxyl groups is 1. The van der Waals surface area contributed by atoms with Gasteiger partial charge < -0.3 is 20.3 Å². The summed E-state index contributed by atoms with van der Waals surface area (Å²) in [6.45, 7) is 5.49. The summed E-state index contributed by atoms with van der Waals surface area (Å²) in [5.41, 5.74) is 0.827. The first-order valence-corrected chi connectivity index (χ1v) is 7.58. The molecule has 0 saturated carbocycles. The van der Waals surface area contributed by atoms with Crippen molar-refractivity contribution in [3.63, 3.8) is 0 Å². The Kier molecular flexibility index (Phi) is 5.70. The third kappa shape index (κ3) is 4.53. The second-order valence-corrected chi connectivity index (χ2v) is 5.61. The predicted octanol–water partition coefficient (Wildman–Crippen LogP) is 2.11. The maximum atomic E-state index is 11.9. The molecule has 0 bridgehead atoms. The number of benzene rings is 1. The lowest BCUT2D eigenvalue weighted by Crippen LogP contribution is -2.45. The van der Waals surface area contributed by atoms with Gasteiger partial charge in [-0.25, -0.2) is 4.79 Å². The number of aromatic nitrogens is 2. The molecule has 23 heavy (non-hydrogen) atoms. The van der Waals surface area contributed by atoms with Gasteiger partial charge in [-0.15, -0.1) is 0 Å². The summed E-state index contributed by atoms with van der Waals surface area (Å²) in [7, 11) is 0. The fourth-order valence-electron chi connectivity index (χ4n) is 1.92. The number of aliphatic hydroxyl groups excluding tert-OH is 1. The van der Waals surface area contributed by atoms with Gasteiger partial charge in [0.1, 0.15) is 0 Å². The van der Waals surface area contributed by atoms with E-state index in [-0.39, 0.29) is 24.6 Å². The van der Waals surface area contributed by atoms with E-state index in [2.05, 4.69) is 20.8 Å². The minimum Gasteiger partial charge on any atom is -0.396 e. The van der Waals surface area contributed by atoms with Gasteiger partial charge >= 0.3 is 6.03 Å². The molecule has 7 nitrogen and oxygen atoms in total. The van der Waals surface area contributed by atoms with E-state index in [9.17, 15) is 4.79 Å². The zero-order valence-corrected chi connectivity index (χ0v) is 13.5. The van der Waals surface area contributed by atoms with Gasteiger partial charge in [0.05, 0.1) is 6.04 Å². The summed E-state index contributed by atoms with van der Waals surface area (Å²) in [5.74, 6) is 0.796. The molecule has 0 fully saturated rings. The van der Waals surface area contributed by atoms with E-state index in [4.69, 9.17) is 9.63 Å². The fourth-order valence-corrected chi connectivity index (χ4v) is 1.92. The Morgan fingerprint density at radius 3 is 2.57 bits per heavy atom. The molecule has 2 rings (SSSR count). The Hall–Kier alpha value is -2.41. The number of amides is 2. The van der Waals surface area contributed by atoms with E-state index < -0.39 is 6.04 Å². The number of urea groups is 1. The molecule has 1 heterocycles. The lowest BCUT2D eigenvalue weighted by atomic mass is 10.1. The molecule has 0 aliphatic carbocycles. The Morgan fingerprint density at radius 2 is 1.91 bits per heavy atom. The van der Waals surface area contributed by atoms with Gasteiger partial charge in [-0.1, -0.05) is 30.3 Å². The Bertz CT molecular complexity index is 629. The van der Waals surface area contributed by atoms with Crippen LogP contribution in [0, 0.1) is 5.92 Å². The first-order chi connectivity index (χ1) is 11.0. The van der Waals surface area contributed by atoms with Crippen LogP contribution in [-0.2, 0) is 0 Å². The highest BCUT2D eigenvalue weighted by Gasteiger charge is 2.19. The molecule has 2 aromatic rings. The molecule has 2 amide bonds. The van der Waals surface area contributed by atoms with Crippen molar-refractivity contribution in [1.82, 2.24) is 20.8 Å². The van der Waals surface area contributed by atoms with Crippen molar-refractivity contribution in [3.05, 3.63) is 36.2 Å². The maximum absolute atomic E-state index is 11.9. The van der Waals surface area contributed by atoms with Gasteiger partial charge in [-0.3, -0.25) is 0 Å². The van der Waals surface area contributed by atoms with Gasteiger partial charge in [0, 0.05) is 18.2 Å². The van der Waals surface area contributed by atoms with Gasteiger partial charge in [0.15, 0.2) is 5.82 Å². The molecule has 1 aromatic heterocycles. The summed E-state index contributed by atoms with van der Waals surface area (Å²) in [5, 5.41) is 18.5. The highest BCUT2D eigenvalue weighted by Crippen LogP contribution is 2.18. The van der Waals surface area contributed by atoms with Crippen LogP contribution < -0.4 is 10.6 Å². The normalized spacial score (nSPS) is 14.8. The summed E-state index contributed by atoms with van der Waals surface area (Å²) in [4.78, 5) is 16.2. The van der Waals surface area contributed by atoms with Crippen molar-refractivity contribution in [3.8, 4) is 11.5 Å². The third-order valence-electron chi connectivity index (χ3n) is 3.70. The van der Waals surface area contributed by atoms with Crippen molar-refractivity contribution in [2.24, 2.45) is 5.92 Å². The van der Waals surface area contributed by atoms with Crippen molar-refractivity contribution >= 4 is 6.03 Å². The Balaban J connectivity index is 1.95. The molecular formula is C16H22N4O3. The van der Waals surface area contributed by atoms with E-state index in [1.165, 1.54) is 0 Å². The van der Waals surface area contributed by atoms with Gasteiger partial charge in [0.25, 0.3) is 5.89 Å². The van der Waals surface area contributed by atoms with E-state index >= 15 is 0 Å². The van der Waals surface area contributed by atoms with E-state index in [1.54, 1.807) is 6.92 Å². The molecule has 0 radical (unpaired) electrons. The molecular weight excluding hydrogens is 296 g/mol. The van der Waals surface area contributed by atoms with Crippen LogP contribution in [0.1, 0.15) is 32.6 Å². The van der Waals surface area contributed by atoms with Crippen molar-refractivity contribution in [2.75, 3.05) is 6.61 Å². The highest BCUT2D eigenvalue weighted by atomic mass is 16.5. The lowest BCUT2D eigenvalue weighted by Gasteiger charge is -2.20. The first kappa shape index (κ1) is 17.0. The molecule has 0 saturated heterocycles. The fraction of sp³-hybridized carbons (Fsp3) is 0.438. The lowest BCUT2D eigenvalue weighted by molar-refractivity contribution is 0.199. The van der Waals surface area contributed by atoms with Crippen LogP contribution in [0.2, 0.25) is 0 Å². The van der Waals surface area contributed by atoms with Crippen LogP contribution in [-0.4, -0.2) is 33.9 Å². The molecule has 3 N–H and O–H groups in total. The number of carbonyl (C=O) groups excluding carboxylic acids is 1. The SMILES string of the molecule is CC(NC(=O)NC(C)C(C)CO)c1noc(-c2ccccc2)n1. The smallest absolute Gasteiger partial charge is 0.315 e. The minimum atomic E-state index is -0.396. The van der Waals surface area contributed by atoms with E-state index in [1.807, 2.05) is 44.2 Å². The first-order valence-electron chi connectivity index (χ1n) is 7.58. The van der Waals surface area contributed by atoms with E-state index in [0.29, 0.717) is 11.7 Å². The molecule has 7 heteroatoms. The van der Waals surface area contributed by atoms with Crippen molar-refractivity contribution in [2.45, 2.75) is 32.9 Å². The van der Waals surface area contributed by atoms with Crippen LogP contribution in [0.3, 0.4) is 0 Å². The second kappa shape index (κ2) is 7.73. The summed E-state index contributed by atoms with van der Waals surface area (Å²) in [6.07, 6.45) is 0. The summed E-state index contributed by atoms with van der Waals surface area (Å²) < 4.78 is 5.22. The van der Waals surface area contributed by atoms with Crippen LogP contribution in [0.5, 0.6) is 0 Å². The number of hydrogen-bond acceptors (Lipinski definition) is 5. The van der Waals surface area contributed by atoms with Crippen molar-refractivity contribution in [1.29, 1.82) is 0 Å². The van der Waals surface area contributed by atoms with Gasteiger partial charge in [-0.2, -0.15) is 4.98 Å². The zero-order chi connectivity index (χ0) is 16.8. The molecule has 0 spiro atoms. The number of rotatable bonds is 6. The molecule has 1 aromatic carbocycles. The largest absolute Gasteiger partial charge is 0.396 e. The molecule has 0 aliphatic rings. The van der Waals surface area contributed by atoms with Crippen LogP contribution in [0.15, 0.2) is 34.9 Å². The Labute approximate surface area is 135 Å². The van der Waals surface area contributed by atoms with Crippen LogP contribution >= 0.6 is 0 Å². The second-order valence-electron chi connectivity index (χ2n) is 5.61. The minimum absolute atomic E-state index is 0.0161. The van der Waals surface area contributed by atoms with Gasteiger partial charge in [0.2, 0.25) is 0 Å². The van der Waals surface area contributed by atoms with Crippen LogP contribution in [0.25, 0.3) is 11.5 Å².